The molecule has 0 spiro atoms. The number of hydrogen-bond donors (Lipinski definition) is 3. The van der Waals surface area contributed by atoms with E-state index in [1.165, 1.54) is 0 Å². The SMILES string of the molecule is CC(C)(C)[Si](OC[C@H](C/C=C\CO)NC(=O)O)(c1ccccc1)c1ccccc1. The molecule has 0 unspecified atom stereocenters. The lowest BCUT2D eigenvalue weighted by Gasteiger charge is -2.43. The monoisotopic (exact) mass is 413 g/mol. The molecule has 0 bridgehead atoms. The van der Waals surface area contributed by atoms with Crippen LogP contribution in [0.25, 0.3) is 0 Å². The lowest BCUT2D eigenvalue weighted by molar-refractivity contribution is 0.179. The van der Waals surface area contributed by atoms with Gasteiger partial charge in [0.1, 0.15) is 0 Å². The fourth-order valence-electron chi connectivity index (χ4n) is 3.67. The summed E-state index contributed by atoms with van der Waals surface area (Å²) in [6, 6.07) is 20.1. The van der Waals surface area contributed by atoms with Crippen LogP contribution in [-0.4, -0.2) is 43.9 Å². The third-order valence-electron chi connectivity index (χ3n) is 4.94. The Morgan fingerprint density at radius 2 is 1.55 bits per heavy atom. The van der Waals surface area contributed by atoms with Crippen LogP contribution >= 0.6 is 0 Å². The van der Waals surface area contributed by atoms with Crippen molar-refractivity contribution < 1.29 is 19.4 Å². The summed E-state index contributed by atoms with van der Waals surface area (Å²) in [5.74, 6) is 0. The molecule has 1 atom stereocenters. The quantitative estimate of drug-likeness (QED) is 0.436. The third kappa shape index (κ3) is 5.79. The fourth-order valence-corrected chi connectivity index (χ4v) is 8.27. The summed E-state index contributed by atoms with van der Waals surface area (Å²) in [4.78, 5) is 11.3. The Bertz CT molecular complexity index is 748. The maximum Gasteiger partial charge on any atom is 0.404 e. The molecule has 0 aliphatic carbocycles. The van der Waals surface area contributed by atoms with Crippen molar-refractivity contribution in [2.24, 2.45) is 0 Å². The molecule has 2 rings (SSSR count). The first-order chi connectivity index (χ1) is 13.8. The predicted octanol–water partition coefficient (Wildman–Crippen LogP) is 3.14. The smallest absolute Gasteiger partial charge is 0.404 e. The number of aliphatic hydroxyl groups excluding tert-OH is 1. The molecule has 3 N–H and O–H groups in total. The zero-order valence-corrected chi connectivity index (χ0v) is 18.3. The van der Waals surface area contributed by atoms with Gasteiger partial charge in [-0.3, -0.25) is 0 Å². The van der Waals surface area contributed by atoms with E-state index in [2.05, 4.69) is 50.4 Å². The van der Waals surface area contributed by atoms with Gasteiger partial charge in [0, 0.05) is 0 Å². The number of nitrogens with one attached hydrogen (secondary N) is 1. The lowest BCUT2D eigenvalue weighted by Crippen LogP contribution is -2.67. The molecule has 0 aliphatic rings. The molecular weight excluding hydrogens is 382 g/mol. The van der Waals surface area contributed by atoms with Crippen molar-refractivity contribution in [3.8, 4) is 0 Å². The van der Waals surface area contributed by atoms with Gasteiger partial charge in [0.05, 0.1) is 19.3 Å². The second-order valence-electron chi connectivity index (χ2n) is 8.01. The summed E-state index contributed by atoms with van der Waals surface area (Å²) in [7, 11) is -2.72. The number of hydrogen-bond acceptors (Lipinski definition) is 3. The van der Waals surface area contributed by atoms with Gasteiger partial charge in [-0.25, -0.2) is 4.79 Å². The van der Waals surface area contributed by atoms with Crippen molar-refractivity contribution in [2.45, 2.75) is 38.3 Å². The molecular formula is C23H31NO4Si. The summed E-state index contributed by atoms with van der Waals surface area (Å²) in [5.41, 5.74) is 0. The standard InChI is InChI=1S/C23H31NO4Si/c1-23(2,3)29(20-13-6-4-7-14-20,21-15-8-5-9-16-21)28-18-19(24-22(26)27)12-10-11-17-25/h4-11,13-16,19,24-25H,12,17-18H2,1-3H3,(H,26,27)/b11-10-/t19-/m0/s1. The van der Waals surface area contributed by atoms with Crippen LogP contribution in [0.3, 0.4) is 0 Å². The first-order valence-corrected chi connectivity index (χ1v) is 11.7. The maximum absolute atomic E-state index is 11.3. The summed E-state index contributed by atoms with van der Waals surface area (Å²) in [5, 5.41) is 22.9. The molecule has 2 aromatic carbocycles. The van der Waals surface area contributed by atoms with Crippen LogP contribution in [0.5, 0.6) is 0 Å². The Hall–Kier alpha value is -2.41. The van der Waals surface area contributed by atoms with Gasteiger partial charge in [-0.15, -0.1) is 0 Å². The molecule has 156 valence electrons. The van der Waals surface area contributed by atoms with Gasteiger partial charge in [0.2, 0.25) is 0 Å². The van der Waals surface area contributed by atoms with Crippen LogP contribution in [0.2, 0.25) is 5.04 Å². The molecule has 1 amide bonds. The Kier molecular flexibility index (Phi) is 8.19. The van der Waals surface area contributed by atoms with Gasteiger partial charge >= 0.3 is 6.09 Å². The minimum Gasteiger partial charge on any atom is -0.465 e. The minimum absolute atomic E-state index is 0.0740. The highest BCUT2D eigenvalue weighted by Crippen LogP contribution is 2.36. The summed E-state index contributed by atoms with van der Waals surface area (Å²) in [6.45, 7) is 6.73. The van der Waals surface area contributed by atoms with E-state index in [1.807, 2.05) is 36.4 Å². The number of amides is 1. The summed E-state index contributed by atoms with van der Waals surface area (Å²) in [6.07, 6.45) is 2.75. The molecule has 0 radical (unpaired) electrons. The average Bonchev–Trinajstić information content (AvgIpc) is 2.68. The van der Waals surface area contributed by atoms with Crippen LogP contribution < -0.4 is 15.7 Å². The highest BCUT2D eigenvalue weighted by Gasteiger charge is 2.50. The fraction of sp³-hybridized carbons (Fsp3) is 0.348. The molecule has 0 saturated carbocycles. The first kappa shape index (κ1) is 22.9. The molecule has 0 aromatic heterocycles. The number of carboxylic acid groups (broad SMARTS) is 1. The van der Waals surface area contributed by atoms with Crippen LogP contribution in [0.4, 0.5) is 4.79 Å². The second kappa shape index (κ2) is 10.4. The van der Waals surface area contributed by atoms with Gasteiger partial charge in [-0.05, 0) is 21.8 Å². The van der Waals surface area contributed by atoms with E-state index in [9.17, 15) is 9.90 Å². The van der Waals surface area contributed by atoms with E-state index < -0.39 is 20.5 Å². The topological polar surface area (TPSA) is 78.8 Å². The van der Waals surface area contributed by atoms with Crippen molar-refractivity contribution in [1.82, 2.24) is 5.32 Å². The van der Waals surface area contributed by atoms with E-state index in [0.717, 1.165) is 10.4 Å². The van der Waals surface area contributed by atoms with Gasteiger partial charge in [0.15, 0.2) is 0 Å². The molecule has 0 fully saturated rings. The van der Waals surface area contributed by atoms with Crippen molar-refractivity contribution in [3.63, 3.8) is 0 Å². The molecule has 0 aliphatic heterocycles. The molecule has 5 nitrogen and oxygen atoms in total. The van der Waals surface area contributed by atoms with Gasteiger partial charge < -0.3 is 20.0 Å². The average molecular weight is 414 g/mol. The van der Waals surface area contributed by atoms with E-state index in [-0.39, 0.29) is 18.3 Å². The largest absolute Gasteiger partial charge is 0.465 e. The highest BCUT2D eigenvalue weighted by atomic mass is 28.4. The van der Waals surface area contributed by atoms with Crippen molar-refractivity contribution in [2.75, 3.05) is 13.2 Å². The van der Waals surface area contributed by atoms with Gasteiger partial charge in [-0.2, -0.15) is 0 Å². The molecule has 29 heavy (non-hydrogen) atoms. The number of aliphatic hydroxyl groups is 1. The van der Waals surface area contributed by atoms with Crippen LogP contribution in [0.1, 0.15) is 27.2 Å². The Morgan fingerprint density at radius 1 is 1.03 bits per heavy atom. The Morgan fingerprint density at radius 3 is 1.97 bits per heavy atom. The van der Waals surface area contributed by atoms with E-state index >= 15 is 0 Å². The normalized spacial score (nSPS) is 13.4. The lowest BCUT2D eigenvalue weighted by atomic mass is 10.2. The number of rotatable bonds is 9. The van der Waals surface area contributed by atoms with E-state index in [0.29, 0.717) is 6.42 Å². The van der Waals surface area contributed by atoms with Crippen molar-refractivity contribution >= 4 is 24.8 Å². The van der Waals surface area contributed by atoms with Crippen LogP contribution in [0, 0.1) is 0 Å². The van der Waals surface area contributed by atoms with Crippen molar-refractivity contribution in [1.29, 1.82) is 0 Å². The Labute approximate surface area is 174 Å². The molecule has 2 aromatic rings. The second-order valence-corrected chi connectivity index (χ2v) is 12.3. The number of benzene rings is 2. The molecule has 0 heterocycles. The first-order valence-electron chi connectivity index (χ1n) is 9.81. The zero-order valence-electron chi connectivity index (χ0n) is 17.3. The predicted molar refractivity (Wildman–Crippen MR) is 119 cm³/mol. The summed E-state index contributed by atoms with van der Waals surface area (Å²) < 4.78 is 6.78. The maximum atomic E-state index is 11.3. The molecule has 6 heteroatoms. The van der Waals surface area contributed by atoms with Gasteiger partial charge in [0.25, 0.3) is 8.32 Å². The molecule has 0 saturated heterocycles. The van der Waals surface area contributed by atoms with E-state index in [4.69, 9.17) is 9.53 Å². The Balaban J connectivity index is 2.46. The van der Waals surface area contributed by atoms with Crippen LogP contribution in [-0.2, 0) is 4.43 Å². The van der Waals surface area contributed by atoms with E-state index in [1.54, 1.807) is 12.2 Å². The van der Waals surface area contributed by atoms with Gasteiger partial charge in [-0.1, -0.05) is 93.6 Å². The van der Waals surface area contributed by atoms with Crippen molar-refractivity contribution in [3.05, 3.63) is 72.8 Å². The minimum atomic E-state index is -2.72. The summed E-state index contributed by atoms with van der Waals surface area (Å²) >= 11 is 0. The number of carbonyl (C=O) groups is 1. The highest BCUT2D eigenvalue weighted by molar-refractivity contribution is 6.99. The zero-order chi connectivity index (χ0) is 21.3. The van der Waals surface area contributed by atoms with Crippen LogP contribution in [0.15, 0.2) is 72.8 Å². The third-order valence-corrected chi connectivity index (χ3v) is 9.94.